The van der Waals surface area contributed by atoms with Crippen LogP contribution < -0.4 is 16.8 Å². The van der Waals surface area contributed by atoms with Gasteiger partial charge in [-0.1, -0.05) is 13.8 Å². The van der Waals surface area contributed by atoms with Crippen molar-refractivity contribution in [3.63, 3.8) is 0 Å². The molecule has 2 heterocycles. The summed E-state index contributed by atoms with van der Waals surface area (Å²) in [5, 5.41) is 10.3. The van der Waals surface area contributed by atoms with Gasteiger partial charge in [-0.3, -0.25) is 0 Å². The number of nitrogens with one attached hydrogen (secondary N) is 1. The maximum absolute atomic E-state index is 10.6. The fourth-order valence-electron chi connectivity index (χ4n) is 3.47. The SMILES string of the molecule is CNc1nc(N)nc2c3c(sc12)C(CCN)CC(C)(C)C3.O=C(O)C(F)(F)F. The highest BCUT2D eigenvalue weighted by Crippen LogP contribution is 2.50. The zero-order valence-corrected chi connectivity index (χ0v) is 16.7. The summed E-state index contributed by atoms with van der Waals surface area (Å²) < 4.78 is 32.9. The number of hydrogen-bond donors (Lipinski definition) is 4. The number of alkyl halides is 3. The Bertz CT molecular complexity index is 867. The summed E-state index contributed by atoms with van der Waals surface area (Å²) in [6.07, 6.45) is -1.83. The van der Waals surface area contributed by atoms with Crippen LogP contribution in [0.3, 0.4) is 0 Å². The minimum atomic E-state index is -5.08. The lowest BCUT2D eigenvalue weighted by Crippen LogP contribution is -2.25. The van der Waals surface area contributed by atoms with E-state index in [9.17, 15) is 13.2 Å². The topological polar surface area (TPSA) is 127 Å². The second kappa shape index (κ2) is 8.08. The van der Waals surface area contributed by atoms with E-state index >= 15 is 0 Å². The molecule has 3 rings (SSSR count). The molecule has 7 nitrogen and oxygen atoms in total. The number of nitrogen functional groups attached to an aromatic ring is 1. The van der Waals surface area contributed by atoms with Crippen molar-refractivity contribution in [1.29, 1.82) is 0 Å². The number of carboxylic acid groups (broad SMARTS) is 1. The third kappa shape index (κ3) is 4.82. The van der Waals surface area contributed by atoms with Crippen LogP contribution in [0.5, 0.6) is 0 Å². The number of nitrogens with zero attached hydrogens (tertiary/aromatic N) is 2. The molecule has 0 amide bonds. The second-order valence-electron chi connectivity index (χ2n) is 7.43. The van der Waals surface area contributed by atoms with Crippen LogP contribution in [-0.4, -0.2) is 40.8 Å². The average molecular weight is 419 g/mol. The maximum Gasteiger partial charge on any atom is 0.490 e. The number of anilines is 2. The van der Waals surface area contributed by atoms with Crippen molar-refractivity contribution in [3.05, 3.63) is 10.4 Å². The summed E-state index contributed by atoms with van der Waals surface area (Å²) in [5.41, 5.74) is 14.4. The van der Waals surface area contributed by atoms with Crippen molar-refractivity contribution < 1.29 is 23.1 Å². The molecule has 2 aromatic rings. The lowest BCUT2D eigenvalue weighted by atomic mass is 9.71. The normalized spacial score (nSPS) is 18.2. The van der Waals surface area contributed by atoms with Crippen molar-refractivity contribution in [2.24, 2.45) is 11.1 Å². The van der Waals surface area contributed by atoms with Gasteiger partial charge in [0.05, 0.1) is 10.2 Å². The molecule has 11 heteroatoms. The van der Waals surface area contributed by atoms with Gasteiger partial charge >= 0.3 is 12.1 Å². The molecular formula is C17H24F3N5O2S. The standard InChI is InChI=1S/C15H23N5S.C2HF3O2/c1-15(2)6-8(4-5-16)11-9(7-15)10-12(21-11)13(18-3)20-14(17)19-10;3-2(4,5)1(6)7/h8H,4-7,16H2,1-3H3,(H3,17,18,19,20);(H,6,7). The molecule has 1 aliphatic rings. The van der Waals surface area contributed by atoms with E-state index in [1.165, 1.54) is 16.9 Å². The largest absolute Gasteiger partial charge is 0.490 e. The zero-order chi connectivity index (χ0) is 21.3. The smallest absolute Gasteiger partial charge is 0.475 e. The van der Waals surface area contributed by atoms with Gasteiger partial charge in [-0.15, -0.1) is 11.3 Å². The number of carbonyl (C=O) groups is 1. The molecule has 6 N–H and O–H groups in total. The Morgan fingerprint density at radius 3 is 2.50 bits per heavy atom. The summed E-state index contributed by atoms with van der Waals surface area (Å²) in [5.74, 6) is -1.06. The molecule has 2 aromatic heterocycles. The van der Waals surface area contributed by atoms with E-state index in [1.54, 1.807) is 0 Å². The van der Waals surface area contributed by atoms with Gasteiger partial charge in [0.2, 0.25) is 5.95 Å². The highest BCUT2D eigenvalue weighted by Gasteiger charge is 2.38. The lowest BCUT2D eigenvalue weighted by molar-refractivity contribution is -0.192. The minimum Gasteiger partial charge on any atom is -0.475 e. The first-order valence-corrected chi connectivity index (χ1v) is 9.48. The third-order valence-corrected chi connectivity index (χ3v) is 5.89. The fraction of sp³-hybridized carbons (Fsp3) is 0.588. The molecular weight excluding hydrogens is 395 g/mol. The van der Waals surface area contributed by atoms with Crippen molar-refractivity contribution in [2.45, 2.75) is 45.2 Å². The van der Waals surface area contributed by atoms with E-state index in [0.717, 1.165) is 35.4 Å². The number of hydrogen-bond acceptors (Lipinski definition) is 7. The molecule has 1 atom stereocenters. The Hall–Kier alpha value is -2.14. The summed E-state index contributed by atoms with van der Waals surface area (Å²) in [6, 6.07) is 0. The van der Waals surface area contributed by atoms with E-state index in [0.29, 0.717) is 11.9 Å². The predicted molar refractivity (Wildman–Crippen MR) is 104 cm³/mol. The Labute approximate surface area is 164 Å². The first kappa shape index (κ1) is 22.2. The van der Waals surface area contributed by atoms with Gasteiger partial charge in [0.15, 0.2) is 0 Å². The van der Waals surface area contributed by atoms with Gasteiger partial charge in [0.1, 0.15) is 5.82 Å². The Kier molecular flexibility index (Phi) is 6.39. The van der Waals surface area contributed by atoms with Crippen LogP contribution in [0, 0.1) is 5.41 Å². The van der Waals surface area contributed by atoms with Crippen molar-refractivity contribution in [1.82, 2.24) is 9.97 Å². The van der Waals surface area contributed by atoms with Crippen LogP contribution in [0.25, 0.3) is 10.2 Å². The van der Waals surface area contributed by atoms with Crippen LogP contribution in [0.4, 0.5) is 24.9 Å². The average Bonchev–Trinajstić information content (AvgIpc) is 2.91. The minimum absolute atomic E-state index is 0.278. The number of rotatable bonds is 3. The van der Waals surface area contributed by atoms with Crippen molar-refractivity contribution in [3.8, 4) is 0 Å². The molecule has 0 radical (unpaired) electrons. The van der Waals surface area contributed by atoms with Crippen molar-refractivity contribution in [2.75, 3.05) is 24.6 Å². The van der Waals surface area contributed by atoms with Gasteiger partial charge in [-0.25, -0.2) is 9.78 Å². The number of aliphatic carboxylic acids is 1. The molecule has 0 aliphatic heterocycles. The van der Waals surface area contributed by atoms with Gasteiger partial charge in [0, 0.05) is 11.9 Å². The Morgan fingerprint density at radius 2 is 2.00 bits per heavy atom. The van der Waals surface area contributed by atoms with Gasteiger partial charge in [-0.2, -0.15) is 18.2 Å². The molecule has 28 heavy (non-hydrogen) atoms. The summed E-state index contributed by atoms with van der Waals surface area (Å²) in [6.45, 7) is 5.38. The zero-order valence-electron chi connectivity index (χ0n) is 15.9. The van der Waals surface area contributed by atoms with E-state index < -0.39 is 12.1 Å². The molecule has 0 fully saturated rings. The molecule has 156 valence electrons. The number of carboxylic acids is 1. The lowest BCUT2D eigenvalue weighted by Gasteiger charge is -2.35. The first-order valence-electron chi connectivity index (χ1n) is 8.66. The number of nitrogens with two attached hydrogens (primary N) is 2. The predicted octanol–water partition coefficient (Wildman–Crippen LogP) is 3.35. The highest BCUT2D eigenvalue weighted by molar-refractivity contribution is 7.20. The molecule has 0 saturated heterocycles. The second-order valence-corrected chi connectivity index (χ2v) is 8.48. The van der Waals surface area contributed by atoms with Gasteiger partial charge in [0.25, 0.3) is 0 Å². The Balaban J connectivity index is 0.000000345. The molecule has 0 bridgehead atoms. The maximum atomic E-state index is 10.6. The molecule has 0 spiro atoms. The molecule has 1 unspecified atom stereocenters. The number of fused-ring (bicyclic) bond motifs is 3. The van der Waals surface area contributed by atoms with Crippen LogP contribution in [0.15, 0.2) is 0 Å². The fourth-order valence-corrected chi connectivity index (χ4v) is 4.86. The first-order chi connectivity index (χ1) is 12.9. The van der Waals surface area contributed by atoms with E-state index in [2.05, 4.69) is 29.1 Å². The monoisotopic (exact) mass is 419 g/mol. The number of halogens is 3. The molecule has 1 aliphatic carbocycles. The van der Waals surface area contributed by atoms with Gasteiger partial charge in [-0.05, 0) is 42.7 Å². The van der Waals surface area contributed by atoms with E-state index in [1.807, 2.05) is 18.4 Å². The Morgan fingerprint density at radius 1 is 1.39 bits per heavy atom. The summed E-state index contributed by atoms with van der Waals surface area (Å²) >= 11 is 1.81. The van der Waals surface area contributed by atoms with E-state index in [4.69, 9.17) is 21.4 Å². The number of thiophene rings is 1. The van der Waals surface area contributed by atoms with Crippen LogP contribution in [-0.2, 0) is 11.2 Å². The number of aromatic nitrogens is 2. The van der Waals surface area contributed by atoms with Crippen LogP contribution >= 0.6 is 11.3 Å². The highest BCUT2D eigenvalue weighted by atomic mass is 32.1. The van der Waals surface area contributed by atoms with Crippen molar-refractivity contribution >= 4 is 39.3 Å². The van der Waals surface area contributed by atoms with Crippen LogP contribution in [0.2, 0.25) is 0 Å². The summed E-state index contributed by atoms with van der Waals surface area (Å²) in [7, 11) is 1.88. The quantitative estimate of drug-likeness (QED) is 0.601. The van der Waals surface area contributed by atoms with Crippen LogP contribution in [0.1, 0.15) is 43.0 Å². The third-order valence-electron chi connectivity index (χ3n) is 4.50. The van der Waals surface area contributed by atoms with E-state index in [-0.39, 0.29) is 5.41 Å². The molecule has 0 aromatic carbocycles. The molecule has 0 saturated carbocycles. The van der Waals surface area contributed by atoms with Gasteiger partial charge < -0.3 is 21.9 Å². The summed E-state index contributed by atoms with van der Waals surface area (Å²) in [4.78, 5) is 19.2.